The molecule has 2 aromatic carbocycles. The Labute approximate surface area is 140 Å². The highest BCUT2D eigenvalue weighted by Gasteiger charge is 2.40. The minimum atomic E-state index is -0.874. The van der Waals surface area contributed by atoms with Crippen molar-refractivity contribution in [3.63, 3.8) is 0 Å². The lowest BCUT2D eigenvalue weighted by atomic mass is 9.72. The van der Waals surface area contributed by atoms with E-state index >= 15 is 0 Å². The molecule has 2 aromatic rings. The topological polar surface area (TPSA) is 23.5 Å². The summed E-state index contributed by atoms with van der Waals surface area (Å²) in [7, 11) is 4.15. The average molecular weight is 311 g/mol. The van der Waals surface area contributed by atoms with Gasteiger partial charge in [-0.15, -0.1) is 0 Å². The van der Waals surface area contributed by atoms with Gasteiger partial charge in [0.25, 0.3) is 0 Å². The smallest absolute Gasteiger partial charge is 0.0979 e. The first-order chi connectivity index (χ1) is 10.9. The van der Waals surface area contributed by atoms with E-state index in [-0.39, 0.29) is 5.92 Å². The van der Waals surface area contributed by atoms with Crippen molar-refractivity contribution < 1.29 is 5.11 Å². The Morgan fingerprint density at radius 2 is 1.43 bits per heavy atom. The van der Waals surface area contributed by atoms with Crippen molar-refractivity contribution in [3.05, 3.63) is 71.8 Å². The Bertz CT molecular complexity index is 579. The van der Waals surface area contributed by atoms with Gasteiger partial charge in [-0.3, -0.25) is 0 Å². The Hall–Kier alpha value is -1.64. The minimum Gasteiger partial charge on any atom is -0.384 e. The predicted octanol–water partition coefficient (Wildman–Crippen LogP) is 3.95. The van der Waals surface area contributed by atoms with E-state index in [1.54, 1.807) is 0 Å². The fourth-order valence-corrected chi connectivity index (χ4v) is 3.39. The normalized spacial score (nSPS) is 15.6. The first-order valence-corrected chi connectivity index (χ1v) is 8.40. The van der Waals surface area contributed by atoms with E-state index in [4.69, 9.17) is 0 Å². The molecule has 0 aromatic heterocycles. The fourth-order valence-electron chi connectivity index (χ4n) is 3.39. The molecule has 0 saturated heterocycles. The Kier molecular flexibility index (Phi) is 5.97. The molecule has 0 bridgehead atoms. The van der Waals surface area contributed by atoms with Crippen LogP contribution in [0.5, 0.6) is 0 Å². The Morgan fingerprint density at radius 3 is 1.91 bits per heavy atom. The summed E-state index contributed by atoms with van der Waals surface area (Å²) in [4.78, 5) is 2.17. The van der Waals surface area contributed by atoms with Gasteiger partial charge in [0.15, 0.2) is 0 Å². The highest BCUT2D eigenvalue weighted by atomic mass is 16.3. The molecule has 0 aliphatic carbocycles. The van der Waals surface area contributed by atoms with Crippen LogP contribution >= 0.6 is 0 Å². The summed E-state index contributed by atoms with van der Waals surface area (Å²) in [5.41, 5.74) is 1.30. The zero-order valence-corrected chi connectivity index (χ0v) is 14.7. The second-order valence-electron chi connectivity index (χ2n) is 7.07. The van der Waals surface area contributed by atoms with E-state index in [1.165, 1.54) is 5.56 Å². The van der Waals surface area contributed by atoms with E-state index in [0.29, 0.717) is 12.3 Å². The van der Waals surface area contributed by atoms with Gasteiger partial charge in [0.2, 0.25) is 0 Å². The van der Waals surface area contributed by atoms with Crippen LogP contribution in [0.1, 0.15) is 25.0 Å². The number of hydrogen-bond acceptors (Lipinski definition) is 2. The molecule has 0 radical (unpaired) electrons. The number of hydrogen-bond donors (Lipinski definition) is 1. The summed E-state index contributed by atoms with van der Waals surface area (Å²) in [5.74, 6) is 0.534. The number of aliphatic hydroxyl groups is 1. The van der Waals surface area contributed by atoms with Gasteiger partial charge in [-0.25, -0.2) is 0 Å². The zero-order valence-electron chi connectivity index (χ0n) is 14.7. The van der Waals surface area contributed by atoms with Gasteiger partial charge in [0.1, 0.15) is 0 Å². The van der Waals surface area contributed by atoms with Gasteiger partial charge in [0.05, 0.1) is 5.60 Å². The second-order valence-corrected chi connectivity index (χ2v) is 7.07. The molecule has 0 heterocycles. The molecule has 2 rings (SSSR count). The van der Waals surface area contributed by atoms with E-state index in [0.717, 1.165) is 12.1 Å². The second kappa shape index (κ2) is 7.76. The standard InChI is InChI=1S/C21H29NO/c1-17(2)20(16-22(3)4)21(23,19-13-9-6-10-14-19)15-18-11-7-5-8-12-18/h5-14,17,20,23H,15-16H2,1-4H3/t20-,21+/m1/s1. The van der Waals surface area contributed by atoms with Crippen molar-refractivity contribution in [3.8, 4) is 0 Å². The molecule has 1 N–H and O–H groups in total. The molecule has 0 aliphatic heterocycles. The van der Waals surface area contributed by atoms with Crippen LogP contribution in [0, 0.1) is 11.8 Å². The van der Waals surface area contributed by atoms with Crippen molar-refractivity contribution in [2.45, 2.75) is 25.9 Å². The van der Waals surface area contributed by atoms with Gasteiger partial charge in [0, 0.05) is 18.9 Å². The van der Waals surface area contributed by atoms with Crippen LogP contribution in [0.4, 0.5) is 0 Å². The molecular formula is C21H29NO. The summed E-state index contributed by atoms with van der Waals surface area (Å²) >= 11 is 0. The third kappa shape index (κ3) is 4.43. The summed E-state index contributed by atoms with van der Waals surface area (Å²) < 4.78 is 0. The maximum absolute atomic E-state index is 11.8. The van der Waals surface area contributed by atoms with Crippen molar-refractivity contribution >= 4 is 0 Å². The van der Waals surface area contributed by atoms with Crippen molar-refractivity contribution in [1.29, 1.82) is 0 Å². The van der Waals surface area contributed by atoms with Gasteiger partial charge in [-0.2, -0.15) is 0 Å². The van der Waals surface area contributed by atoms with E-state index in [2.05, 4.69) is 45.0 Å². The molecule has 0 amide bonds. The van der Waals surface area contributed by atoms with Gasteiger partial charge >= 0.3 is 0 Å². The molecule has 0 aliphatic rings. The van der Waals surface area contributed by atoms with Gasteiger partial charge in [-0.05, 0) is 31.1 Å². The summed E-state index contributed by atoms with van der Waals surface area (Å²) in [6, 6.07) is 20.4. The highest BCUT2D eigenvalue weighted by molar-refractivity contribution is 5.28. The number of rotatable bonds is 7. The third-order valence-electron chi connectivity index (χ3n) is 4.57. The lowest BCUT2D eigenvalue weighted by Gasteiger charge is -2.41. The third-order valence-corrected chi connectivity index (χ3v) is 4.57. The van der Waals surface area contributed by atoms with Crippen molar-refractivity contribution in [2.75, 3.05) is 20.6 Å². The molecule has 2 nitrogen and oxygen atoms in total. The van der Waals surface area contributed by atoms with Crippen LogP contribution in [0.3, 0.4) is 0 Å². The van der Waals surface area contributed by atoms with E-state index < -0.39 is 5.60 Å². The van der Waals surface area contributed by atoms with Crippen LogP contribution in [-0.4, -0.2) is 30.6 Å². The van der Waals surface area contributed by atoms with E-state index in [1.807, 2.05) is 48.5 Å². The van der Waals surface area contributed by atoms with Gasteiger partial charge < -0.3 is 10.0 Å². The molecule has 0 unspecified atom stereocenters. The molecular weight excluding hydrogens is 282 g/mol. The van der Waals surface area contributed by atoms with Crippen LogP contribution < -0.4 is 0 Å². The number of nitrogens with zero attached hydrogens (tertiary/aromatic N) is 1. The molecule has 0 saturated carbocycles. The van der Waals surface area contributed by atoms with Crippen molar-refractivity contribution in [2.24, 2.45) is 11.8 Å². The van der Waals surface area contributed by atoms with Crippen LogP contribution in [0.25, 0.3) is 0 Å². The van der Waals surface area contributed by atoms with Crippen LogP contribution in [0.2, 0.25) is 0 Å². The lowest BCUT2D eigenvalue weighted by molar-refractivity contribution is -0.0517. The van der Waals surface area contributed by atoms with Gasteiger partial charge in [-0.1, -0.05) is 74.5 Å². The predicted molar refractivity (Wildman–Crippen MR) is 97.4 cm³/mol. The molecule has 0 fully saturated rings. The van der Waals surface area contributed by atoms with Crippen LogP contribution in [-0.2, 0) is 12.0 Å². The minimum absolute atomic E-state index is 0.153. The first kappa shape index (κ1) is 17.7. The quantitative estimate of drug-likeness (QED) is 0.837. The van der Waals surface area contributed by atoms with E-state index in [9.17, 15) is 5.11 Å². The SMILES string of the molecule is CC(C)[C@@H](CN(C)C)[C@](O)(Cc1ccccc1)c1ccccc1. The van der Waals surface area contributed by atoms with Crippen LogP contribution in [0.15, 0.2) is 60.7 Å². The maximum Gasteiger partial charge on any atom is 0.0979 e. The molecule has 2 atom stereocenters. The Balaban J connectivity index is 2.45. The lowest BCUT2D eigenvalue weighted by Crippen LogP contribution is -2.45. The maximum atomic E-state index is 11.8. The number of benzene rings is 2. The summed E-state index contributed by atoms with van der Waals surface area (Å²) in [6.07, 6.45) is 0.633. The monoisotopic (exact) mass is 311 g/mol. The van der Waals surface area contributed by atoms with Crippen molar-refractivity contribution in [1.82, 2.24) is 4.90 Å². The fraction of sp³-hybridized carbons (Fsp3) is 0.429. The molecule has 0 spiro atoms. The highest BCUT2D eigenvalue weighted by Crippen LogP contribution is 2.38. The summed E-state index contributed by atoms with van der Waals surface area (Å²) in [5, 5.41) is 11.8. The molecule has 124 valence electrons. The zero-order chi connectivity index (χ0) is 16.9. The average Bonchev–Trinajstić information content (AvgIpc) is 2.54. The largest absolute Gasteiger partial charge is 0.384 e. The molecule has 23 heavy (non-hydrogen) atoms. The molecule has 2 heteroatoms. The summed E-state index contributed by atoms with van der Waals surface area (Å²) in [6.45, 7) is 5.26. The first-order valence-electron chi connectivity index (χ1n) is 8.40. The Morgan fingerprint density at radius 1 is 0.913 bits per heavy atom.